The zero-order valence-corrected chi connectivity index (χ0v) is 21.3. The van der Waals surface area contributed by atoms with Crippen LogP contribution in [0.4, 0.5) is 17.1 Å². The fourth-order valence-corrected chi connectivity index (χ4v) is 7.22. The second-order valence-electron chi connectivity index (χ2n) is 11.1. The average molecular weight is 504 g/mol. The number of aromatic nitrogens is 1. The Labute approximate surface area is 217 Å². The Balaban J connectivity index is 1.24. The molecule has 1 aromatic heterocycles. The molecule has 6 rings (SSSR count). The molecule has 8 nitrogen and oxygen atoms in total. The number of H-pyrrole nitrogens is 1. The first-order valence-electron chi connectivity index (χ1n) is 14.0. The van der Waals surface area contributed by atoms with E-state index in [4.69, 9.17) is 0 Å². The Hall–Kier alpha value is -2.97. The zero-order valence-electron chi connectivity index (χ0n) is 21.3. The molecule has 1 saturated carbocycles. The Bertz CT molecular complexity index is 1180. The number of rotatable bonds is 4. The van der Waals surface area contributed by atoms with E-state index in [9.17, 15) is 14.7 Å². The molecule has 0 spiro atoms. The summed E-state index contributed by atoms with van der Waals surface area (Å²) in [6, 6.07) is 12.6. The van der Waals surface area contributed by atoms with Crippen LogP contribution in [0.2, 0.25) is 0 Å². The number of aliphatic hydroxyl groups excluding tert-OH is 1. The largest absolute Gasteiger partial charge is 0.368 e. The molecule has 0 radical (unpaired) electrons. The third-order valence-corrected chi connectivity index (χ3v) is 8.84. The van der Waals surface area contributed by atoms with E-state index in [1.807, 2.05) is 29.2 Å². The Kier molecular flexibility index (Phi) is 6.86. The number of nitrogens with zero attached hydrogens (tertiary/aromatic N) is 3. The van der Waals surface area contributed by atoms with Crippen molar-refractivity contribution < 1.29 is 9.90 Å². The maximum Gasteiger partial charge on any atom is 0.274 e. The number of fused-ring (bicyclic) bond motifs is 3. The van der Waals surface area contributed by atoms with Gasteiger partial charge < -0.3 is 20.3 Å². The first kappa shape index (κ1) is 24.4. The van der Waals surface area contributed by atoms with Crippen molar-refractivity contribution in [2.45, 2.75) is 101 Å². The maximum atomic E-state index is 13.2. The van der Waals surface area contributed by atoms with Gasteiger partial charge in [-0.2, -0.15) is 0 Å². The molecule has 196 valence electrons. The van der Waals surface area contributed by atoms with Crippen LogP contribution >= 0.6 is 0 Å². The lowest BCUT2D eigenvalue weighted by Gasteiger charge is -2.49. The van der Waals surface area contributed by atoms with Gasteiger partial charge in [0.25, 0.3) is 5.91 Å². The molecule has 8 heteroatoms. The van der Waals surface area contributed by atoms with E-state index in [2.05, 4.69) is 20.2 Å². The first-order chi connectivity index (χ1) is 18.1. The van der Waals surface area contributed by atoms with Crippen LogP contribution in [0.5, 0.6) is 0 Å². The van der Waals surface area contributed by atoms with Gasteiger partial charge in [-0.25, -0.2) is 4.99 Å². The second-order valence-corrected chi connectivity index (χ2v) is 11.1. The van der Waals surface area contributed by atoms with Crippen molar-refractivity contribution >= 4 is 28.7 Å². The minimum absolute atomic E-state index is 0.0831. The number of hydrogen-bond acceptors (Lipinski definition) is 6. The number of benzene rings is 1. The van der Waals surface area contributed by atoms with E-state index in [0.717, 1.165) is 18.5 Å². The molecule has 3 unspecified atom stereocenters. The highest BCUT2D eigenvalue weighted by molar-refractivity contribution is 6.45. The summed E-state index contributed by atoms with van der Waals surface area (Å²) < 4.78 is 0. The van der Waals surface area contributed by atoms with E-state index in [0.29, 0.717) is 29.5 Å². The number of piperidine rings is 1. The van der Waals surface area contributed by atoms with Crippen molar-refractivity contribution in [3.05, 3.63) is 52.9 Å². The van der Waals surface area contributed by atoms with Gasteiger partial charge in [0, 0.05) is 36.4 Å². The summed E-state index contributed by atoms with van der Waals surface area (Å²) >= 11 is 0. The lowest BCUT2D eigenvalue weighted by molar-refractivity contribution is -0.110. The normalized spacial score (nSPS) is 28.7. The predicted octanol–water partition coefficient (Wildman–Crippen LogP) is 4.33. The van der Waals surface area contributed by atoms with Crippen LogP contribution in [0.1, 0.15) is 70.6 Å². The van der Waals surface area contributed by atoms with Crippen LogP contribution in [0.15, 0.2) is 52.4 Å². The number of aromatic amines is 1. The monoisotopic (exact) mass is 503 g/mol. The summed E-state index contributed by atoms with van der Waals surface area (Å²) in [5, 5.41) is 14.3. The number of carbonyl (C=O) groups is 1. The van der Waals surface area contributed by atoms with Crippen LogP contribution < -0.4 is 15.8 Å². The molecule has 1 aromatic carbocycles. The average Bonchev–Trinajstić information content (AvgIpc) is 3.13. The molecule has 4 aliphatic rings. The summed E-state index contributed by atoms with van der Waals surface area (Å²) in [5.74, 6) is -0.464. The number of carbonyl (C=O) groups excluding carboxylic acids is 1. The summed E-state index contributed by atoms with van der Waals surface area (Å²) in [7, 11) is 0. The van der Waals surface area contributed by atoms with Crippen LogP contribution in [0.3, 0.4) is 0 Å². The lowest BCUT2D eigenvalue weighted by atomic mass is 9.88. The minimum atomic E-state index is -1.13. The van der Waals surface area contributed by atoms with Gasteiger partial charge in [-0.15, -0.1) is 0 Å². The van der Waals surface area contributed by atoms with Gasteiger partial charge in [-0.1, -0.05) is 44.2 Å². The molecule has 2 bridgehead atoms. The fourth-order valence-electron chi connectivity index (χ4n) is 7.22. The molecule has 2 aromatic rings. The molecule has 2 saturated heterocycles. The molecule has 3 fully saturated rings. The number of aliphatic hydroxyl groups is 1. The van der Waals surface area contributed by atoms with Gasteiger partial charge in [-0.05, 0) is 56.7 Å². The van der Waals surface area contributed by atoms with Gasteiger partial charge in [0.05, 0.1) is 17.1 Å². The Morgan fingerprint density at radius 1 is 0.892 bits per heavy atom. The number of hydrogen-bond donors (Lipinski definition) is 3. The maximum absolute atomic E-state index is 13.2. The highest BCUT2D eigenvalue weighted by Gasteiger charge is 2.47. The fraction of sp³-hybridized carbons (Fsp3) is 0.552. The van der Waals surface area contributed by atoms with Crippen LogP contribution in [0, 0.1) is 0 Å². The number of nitrogens with one attached hydrogen (secondary N) is 2. The Morgan fingerprint density at radius 2 is 1.59 bits per heavy atom. The van der Waals surface area contributed by atoms with E-state index in [1.165, 1.54) is 70.1 Å². The number of pyridine rings is 1. The summed E-state index contributed by atoms with van der Waals surface area (Å²) in [6.07, 6.45) is 14.2. The molecule has 3 aliphatic heterocycles. The quantitative estimate of drug-likeness (QED) is 0.577. The van der Waals surface area contributed by atoms with Gasteiger partial charge in [0.2, 0.25) is 5.56 Å². The lowest BCUT2D eigenvalue weighted by Crippen LogP contribution is -2.59. The number of anilines is 2. The standard InChI is InChI=1S/C29H37N5O3/c35-26-15-12-19(18-30-26)31-28(36)27-29(37)34(25-11-7-6-10-24(25)32-27)23-16-21-13-14-22(17-23)33(21)20-8-4-2-1-3-5-9-20/h6-7,10-12,15,18,20-23,29,37H,1-5,8-9,13-14,16-17H2,(H,30,35)(H,31,36)/t21-,22?,23?,29?/m0/s1. The van der Waals surface area contributed by atoms with Gasteiger partial charge in [-0.3, -0.25) is 14.5 Å². The molecular formula is C29H37N5O3. The van der Waals surface area contributed by atoms with Crippen LogP contribution in [0.25, 0.3) is 0 Å². The van der Waals surface area contributed by atoms with Gasteiger partial charge >= 0.3 is 0 Å². The third-order valence-electron chi connectivity index (χ3n) is 8.84. The molecule has 37 heavy (non-hydrogen) atoms. The summed E-state index contributed by atoms with van der Waals surface area (Å²) in [4.78, 5) is 36.7. The highest BCUT2D eigenvalue weighted by atomic mass is 16.3. The van der Waals surface area contributed by atoms with Crippen molar-refractivity contribution in [2.75, 3.05) is 10.2 Å². The van der Waals surface area contributed by atoms with Crippen molar-refractivity contribution in [1.82, 2.24) is 9.88 Å². The SMILES string of the molecule is O=C(Nc1ccc(=O)[nH]c1)C1=Nc2ccccc2N(C2CC3CC[C@@H](C2)N3C2CCCCCCC2)C1O. The van der Waals surface area contributed by atoms with Crippen LogP contribution in [-0.4, -0.2) is 57.0 Å². The number of para-hydroxylation sites is 2. The molecule has 1 aliphatic carbocycles. The summed E-state index contributed by atoms with van der Waals surface area (Å²) in [5.41, 5.74) is 1.89. The molecule has 4 heterocycles. The molecule has 3 N–H and O–H groups in total. The van der Waals surface area contributed by atoms with Gasteiger partial charge in [0.15, 0.2) is 11.9 Å². The minimum Gasteiger partial charge on any atom is -0.368 e. The van der Waals surface area contributed by atoms with E-state index < -0.39 is 12.1 Å². The molecule has 4 atom stereocenters. The highest BCUT2D eigenvalue weighted by Crippen LogP contribution is 2.45. The van der Waals surface area contributed by atoms with Crippen LogP contribution in [-0.2, 0) is 4.79 Å². The smallest absolute Gasteiger partial charge is 0.274 e. The van der Waals surface area contributed by atoms with Gasteiger partial charge in [0.1, 0.15) is 0 Å². The first-order valence-corrected chi connectivity index (χ1v) is 14.0. The zero-order chi connectivity index (χ0) is 25.4. The van der Waals surface area contributed by atoms with Crippen molar-refractivity contribution in [1.29, 1.82) is 0 Å². The van der Waals surface area contributed by atoms with E-state index in [1.54, 1.807) is 6.07 Å². The number of amides is 1. The molecule has 1 amide bonds. The topological polar surface area (TPSA) is 101 Å². The molecular weight excluding hydrogens is 466 g/mol. The Morgan fingerprint density at radius 3 is 2.30 bits per heavy atom. The summed E-state index contributed by atoms with van der Waals surface area (Å²) in [6.45, 7) is 0. The van der Waals surface area contributed by atoms with E-state index >= 15 is 0 Å². The van der Waals surface area contributed by atoms with Crippen molar-refractivity contribution in [2.24, 2.45) is 4.99 Å². The second kappa shape index (κ2) is 10.4. The predicted molar refractivity (Wildman–Crippen MR) is 145 cm³/mol. The van der Waals surface area contributed by atoms with Crippen molar-refractivity contribution in [3.8, 4) is 0 Å². The third kappa shape index (κ3) is 4.84. The van der Waals surface area contributed by atoms with E-state index in [-0.39, 0.29) is 17.3 Å². The van der Waals surface area contributed by atoms with Crippen molar-refractivity contribution in [3.63, 3.8) is 0 Å². The number of aliphatic imine (C=N–C) groups is 1.